The third-order valence-corrected chi connectivity index (χ3v) is 7.34. The van der Waals surface area contributed by atoms with E-state index in [1.165, 1.54) is 44.0 Å². The molecule has 4 rings (SSSR count). The van der Waals surface area contributed by atoms with Gasteiger partial charge < -0.3 is 19.0 Å². The van der Waals surface area contributed by atoms with E-state index in [9.17, 15) is 13.5 Å². The zero-order chi connectivity index (χ0) is 26.7. The quantitative estimate of drug-likeness (QED) is 0.332. The number of hydrogen-bond donors (Lipinski definition) is 2. The molecule has 0 saturated carbocycles. The largest absolute Gasteiger partial charge is 0.494 e. The van der Waals surface area contributed by atoms with Crippen molar-refractivity contribution in [1.29, 1.82) is 5.26 Å². The molecule has 2 N–H and O–H groups in total. The molecule has 0 aliphatic heterocycles. The van der Waals surface area contributed by atoms with Crippen molar-refractivity contribution in [2.75, 3.05) is 18.9 Å². The van der Waals surface area contributed by atoms with Crippen LogP contribution < -0.4 is 14.2 Å². The van der Waals surface area contributed by atoms with Crippen molar-refractivity contribution in [3.05, 3.63) is 65.7 Å². The highest BCUT2D eigenvalue weighted by molar-refractivity contribution is 7.93. The molecule has 3 heterocycles. The Morgan fingerprint density at radius 1 is 1.11 bits per heavy atom. The fourth-order valence-corrected chi connectivity index (χ4v) is 4.66. The van der Waals surface area contributed by atoms with Gasteiger partial charge in [0, 0.05) is 6.20 Å². The van der Waals surface area contributed by atoms with Crippen molar-refractivity contribution in [2.45, 2.75) is 25.2 Å². The van der Waals surface area contributed by atoms with Gasteiger partial charge in [0.15, 0.2) is 5.76 Å². The van der Waals surface area contributed by atoms with Crippen LogP contribution in [0.2, 0.25) is 0 Å². The second-order valence-corrected chi connectivity index (χ2v) is 10.0. The summed E-state index contributed by atoms with van der Waals surface area (Å²) in [6.07, 6.45) is -0.234. The Morgan fingerprint density at radius 2 is 1.81 bits per heavy atom. The number of rotatable bonds is 9. The van der Waals surface area contributed by atoms with Crippen LogP contribution in [-0.2, 0) is 10.0 Å². The monoisotopic (exact) mass is 524 g/mol. The summed E-state index contributed by atoms with van der Waals surface area (Å²) in [6.45, 7) is 3.09. The zero-order valence-electron chi connectivity index (χ0n) is 20.4. The van der Waals surface area contributed by atoms with E-state index in [1.807, 2.05) is 6.07 Å². The molecule has 12 nitrogen and oxygen atoms in total. The average Bonchev–Trinajstić information content (AvgIpc) is 3.52. The number of benzene rings is 1. The molecule has 1 aromatic carbocycles. The summed E-state index contributed by atoms with van der Waals surface area (Å²) in [5.41, 5.74) is 0.710. The average molecular weight is 525 g/mol. The van der Waals surface area contributed by atoms with Crippen LogP contribution in [0.3, 0.4) is 0 Å². The fourth-order valence-electron chi connectivity index (χ4n) is 3.61. The van der Waals surface area contributed by atoms with E-state index >= 15 is 0 Å². The Hall–Kier alpha value is -4.41. The summed E-state index contributed by atoms with van der Waals surface area (Å²) in [5.74, 6) is 1.68. The molecule has 0 aliphatic rings. The van der Waals surface area contributed by atoms with E-state index < -0.39 is 21.4 Å². The summed E-state index contributed by atoms with van der Waals surface area (Å²) >= 11 is 0. The number of aromatic nitrogens is 4. The molecule has 0 radical (unpaired) electrons. The minimum Gasteiger partial charge on any atom is -0.494 e. The Labute approximate surface area is 213 Å². The van der Waals surface area contributed by atoms with Gasteiger partial charge in [-0.2, -0.15) is 5.26 Å². The number of nitriles is 1. The number of aliphatic hydroxyl groups excluding tert-OH is 1. The number of nitrogens with zero attached hydrogens (tertiary/aromatic N) is 5. The predicted molar refractivity (Wildman–Crippen MR) is 133 cm³/mol. The lowest BCUT2D eigenvalue weighted by atomic mass is 10.1. The number of aliphatic hydroxyl groups is 1. The molecule has 37 heavy (non-hydrogen) atoms. The first kappa shape index (κ1) is 25.7. The van der Waals surface area contributed by atoms with E-state index in [-0.39, 0.29) is 23.0 Å². The van der Waals surface area contributed by atoms with Crippen molar-refractivity contribution < 1.29 is 27.4 Å². The number of para-hydroxylation sites is 1. The molecule has 0 amide bonds. The number of hydrogen-bond acceptors (Lipinski definition) is 10. The van der Waals surface area contributed by atoms with Crippen molar-refractivity contribution >= 4 is 16.0 Å². The summed E-state index contributed by atoms with van der Waals surface area (Å²) in [7, 11) is -1.32. The minimum atomic E-state index is -4.25. The predicted octanol–water partition coefficient (Wildman–Crippen LogP) is 2.98. The number of pyridine rings is 1. The number of anilines is 1. The van der Waals surface area contributed by atoms with Crippen LogP contribution in [-0.4, -0.2) is 52.7 Å². The molecule has 2 atom stereocenters. The highest BCUT2D eigenvalue weighted by Crippen LogP contribution is 2.38. The first-order chi connectivity index (χ1) is 17.7. The van der Waals surface area contributed by atoms with Gasteiger partial charge in [-0.1, -0.05) is 6.07 Å². The summed E-state index contributed by atoms with van der Waals surface area (Å²) in [4.78, 5) is 4.00. The van der Waals surface area contributed by atoms with E-state index in [0.717, 1.165) is 0 Å². The van der Waals surface area contributed by atoms with Gasteiger partial charge in [0.2, 0.25) is 21.8 Å². The Morgan fingerprint density at radius 3 is 2.35 bits per heavy atom. The molecule has 0 aliphatic carbocycles. The second-order valence-electron chi connectivity index (χ2n) is 7.98. The molecule has 0 spiro atoms. The number of ether oxygens (including phenoxy) is 2. The van der Waals surface area contributed by atoms with Crippen LogP contribution in [0.1, 0.15) is 30.0 Å². The Bertz CT molecular complexity index is 1530. The van der Waals surface area contributed by atoms with Gasteiger partial charge in [-0.05, 0) is 50.2 Å². The van der Waals surface area contributed by atoms with Crippen LogP contribution in [0.4, 0.5) is 5.95 Å². The van der Waals surface area contributed by atoms with Crippen LogP contribution in [0, 0.1) is 18.3 Å². The maximum Gasteiger partial charge on any atom is 0.243 e. The topological polar surface area (TPSA) is 165 Å². The molecule has 0 saturated heterocycles. The van der Waals surface area contributed by atoms with Crippen LogP contribution in [0.15, 0.2) is 53.1 Å². The molecule has 0 bridgehead atoms. The second kappa shape index (κ2) is 10.3. The first-order valence-corrected chi connectivity index (χ1v) is 12.5. The van der Waals surface area contributed by atoms with Gasteiger partial charge in [-0.15, -0.1) is 10.2 Å². The van der Waals surface area contributed by atoms with Gasteiger partial charge >= 0.3 is 0 Å². The molecule has 192 valence electrons. The van der Waals surface area contributed by atoms with Crippen molar-refractivity contribution in [2.24, 2.45) is 0 Å². The Kier molecular flexibility index (Phi) is 7.14. The van der Waals surface area contributed by atoms with Gasteiger partial charge in [-0.3, -0.25) is 14.3 Å². The van der Waals surface area contributed by atoms with E-state index in [1.54, 1.807) is 37.3 Å². The number of aryl methyl sites for hydroxylation is 1. The van der Waals surface area contributed by atoms with Crippen molar-refractivity contribution in [1.82, 2.24) is 19.7 Å². The smallest absolute Gasteiger partial charge is 0.243 e. The first-order valence-electron chi connectivity index (χ1n) is 11.0. The number of nitrogens with one attached hydrogen (secondary N) is 1. The minimum absolute atomic E-state index is 0.0940. The normalized spacial score (nSPS) is 13.0. The van der Waals surface area contributed by atoms with Crippen molar-refractivity contribution in [3.8, 4) is 34.8 Å². The van der Waals surface area contributed by atoms with Crippen LogP contribution in [0.5, 0.6) is 11.5 Å². The lowest BCUT2D eigenvalue weighted by molar-refractivity contribution is 0.171. The number of sulfonamides is 1. The summed E-state index contributed by atoms with van der Waals surface area (Å²) in [5, 5.41) is 26.6. The van der Waals surface area contributed by atoms with E-state index in [2.05, 4.69) is 19.9 Å². The highest BCUT2D eigenvalue weighted by Gasteiger charge is 2.33. The SMILES string of the molecule is COc1cccc(OC)c1-n1c(NS(=O)(=O)[C@H](C)[C@@H](O)c2ccc(C#N)cn2)nnc1-c1ccc(C)o1. The molecular weight excluding hydrogens is 500 g/mol. The Balaban J connectivity index is 1.79. The summed E-state index contributed by atoms with van der Waals surface area (Å²) in [6, 6.07) is 13.3. The fraction of sp³-hybridized carbons (Fsp3) is 0.250. The number of furan rings is 1. The standard InChI is InChI=1S/C24H24N6O6S/c1-14-8-11-20(36-14)23-27-28-24(30(23)21-18(34-3)6-5-7-19(21)35-4)29-37(32,33)15(2)22(31)17-10-9-16(12-25)13-26-17/h5-11,13,15,22,31H,1-4H3,(H,28,29)/t15-,22-/m1/s1. The zero-order valence-corrected chi connectivity index (χ0v) is 21.2. The van der Waals surface area contributed by atoms with E-state index in [0.29, 0.717) is 28.7 Å². The maximum atomic E-state index is 13.4. The molecular formula is C24H24N6O6S. The third kappa shape index (κ3) is 4.97. The molecule has 13 heteroatoms. The molecule has 0 unspecified atom stereocenters. The van der Waals surface area contributed by atoms with E-state index in [4.69, 9.17) is 19.2 Å². The van der Waals surface area contributed by atoms with Crippen molar-refractivity contribution in [3.63, 3.8) is 0 Å². The molecule has 3 aromatic heterocycles. The number of methoxy groups -OCH3 is 2. The van der Waals surface area contributed by atoms with Crippen LogP contribution in [0.25, 0.3) is 17.3 Å². The lowest BCUT2D eigenvalue weighted by Crippen LogP contribution is -2.32. The van der Waals surface area contributed by atoms with Gasteiger partial charge in [0.1, 0.15) is 40.4 Å². The third-order valence-electron chi connectivity index (χ3n) is 5.64. The highest BCUT2D eigenvalue weighted by atomic mass is 32.2. The van der Waals surface area contributed by atoms with Gasteiger partial charge in [0.25, 0.3) is 0 Å². The summed E-state index contributed by atoms with van der Waals surface area (Å²) < 4.78 is 47.3. The molecule has 0 fully saturated rings. The van der Waals surface area contributed by atoms with Gasteiger partial charge in [-0.25, -0.2) is 8.42 Å². The van der Waals surface area contributed by atoms with Crippen LogP contribution >= 0.6 is 0 Å². The lowest BCUT2D eigenvalue weighted by Gasteiger charge is -2.21. The van der Waals surface area contributed by atoms with Gasteiger partial charge in [0.05, 0.1) is 25.5 Å². The molecule has 4 aromatic rings. The maximum absolute atomic E-state index is 13.4.